The van der Waals surface area contributed by atoms with E-state index in [0.29, 0.717) is 11.4 Å². The number of alkyl halides is 2. The number of nitrogens with one attached hydrogen (secondary N) is 3. The lowest BCUT2D eigenvalue weighted by Gasteiger charge is -2.12. The SMILES string of the molecule is O=C(COc1ccc(F)cc1)NNC(=S)Nc1ccc(OC(F)F)cc1. The van der Waals surface area contributed by atoms with Crippen molar-refractivity contribution in [3.8, 4) is 11.5 Å². The molecule has 0 bridgehead atoms. The van der Waals surface area contributed by atoms with Crippen LogP contribution in [0.4, 0.5) is 18.9 Å². The first kappa shape index (κ1) is 19.3. The summed E-state index contributed by atoms with van der Waals surface area (Å²) in [4.78, 5) is 11.6. The Bertz CT molecular complexity index is 743. The highest BCUT2D eigenvalue weighted by atomic mass is 32.1. The summed E-state index contributed by atoms with van der Waals surface area (Å²) >= 11 is 4.98. The maximum atomic E-state index is 12.7. The minimum Gasteiger partial charge on any atom is -0.484 e. The van der Waals surface area contributed by atoms with Crippen LogP contribution >= 0.6 is 12.2 Å². The van der Waals surface area contributed by atoms with Gasteiger partial charge in [0.05, 0.1) is 0 Å². The highest BCUT2D eigenvalue weighted by Gasteiger charge is 2.06. The van der Waals surface area contributed by atoms with E-state index in [4.69, 9.17) is 17.0 Å². The second-order valence-electron chi connectivity index (χ2n) is 4.77. The number of benzene rings is 2. The summed E-state index contributed by atoms with van der Waals surface area (Å²) in [6.45, 7) is -3.20. The maximum Gasteiger partial charge on any atom is 0.387 e. The van der Waals surface area contributed by atoms with Gasteiger partial charge in [-0.05, 0) is 60.7 Å². The van der Waals surface area contributed by atoms with Crippen molar-refractivity contribution in [2.75, 3.05) is 11.9 Å². The maximum absolute atomic E-state index is 12.7. The summed E-state index contributed by atoms with van der Waals surface area (Å²) in [5.74, 6) is -0.572. The van der Waals surface area contributed by atoms with Crippen LogP contribution in [0.2, 0.25) is 0 Å². The van der Waals surface area contributed by atoms with Crippen LogP contribution in [0.1, 0.15) is 0 Å². The predicted octanol–water partition coefficient (Wildman–Crippen LogP) is 2.82. The largest absolute Gasteiger partial charge is 0.484 e. The van der Waals surface area contributed by atoms with Gasteiger partial charge in [-0.3, -0.25) is 15.6 Å². The highest BCUT2D eigenvalue weighted by molar-refractivity contribution is 7.80. The van der Waals surface area contributed by atoms with Gasteiger partial charge in [-0.1, -0.05) is 0 Å². The van der Waals surface area contributed by atoms with E-state index in [0.717, 1.165) is 0 Å². The average molecular weight is 385 g/mol. The van der Waals surface area contributed by atoms with E-state index in [1.54, 1.807) is 0 Å². The average Bonchev–Trinajstić information content (AvgIpc) is 2.61. The van der Waals surface area contributed by atoms with Crippen LogP contribution < -0.4 is 25.6 Å². The molecular formula is C16H14F3N3O3S. The number of hydrogen-bond donors (Lipinski definition) is 3. The molecule has 0 radical (unpaired) electrons. The number of halogens is 3. The fourth-order valence-electron chi connectivity index (χ4n) is 1.72. The van der Waals surface area contributed by atoms with E-state index < -0.39 is 18.3 Å². The molecule has 2 rings (SSSR count). The van der Waals surface area contributed by atoms with Crippen molar-refractivity contribution in [1.82, 2.24) is 10.9 Å². The fraction of sp³-hybridized carbons (Fsp3) is 0.125. The van der Waals surface area contributed by atoms with Gasteiger partial charge < -0.3 is 14.8 Å². The summed E-state index contributed by atoms with van der Waals surface area (Å²) in [5, 5.41) is 2.81. The second-order valence-corrected chi connectivity index (χ2v) is 5.18. The quantitative estimate of drug-likeness (QED) is 0.525. The summed E-state index contributed by atoms with van der Waals surface area (Å²) in [6.07, 6.45) is 0. The van der Waals surface area contributed by atoms with Crippen molar-refractivity contribution in [2.24, 2.45) is 0 Å². The molecule has 6 nitrogen and oxygen atoms in total. The molecule has 0 aliphatic heterocycles. The summed E-state index contributed by atoms with van der Waals surface area (Å²) in [7, 11) is 0. The molecule has 1 amide bonds. The van der Waals surface area contributed by atoms with Crippen molar-refractivity contribution >= 4 is 28.9 Å². The van der Waals surface area contributed by atoms with Crippen LogP contribution in [0.25, 0.3) is 0 Å². The Morgan fingerprint density at radius 2 is 1.62 bits per heavy atom. The molecule has 0 aromatic heterocycles. The molecule has 0 aliphatic rings. The van der Waals surface area contributed by atoms with Crippen molar-refractivity contribution in [3.63, 3.8) is 0 Å². The Morgan fingerprint density at radius 3 is 2.23 bits per heavy atom. The molecule has 0 atom stereocenters. The zero-order valence-electron chi connectivity index (χ0n) is 13.2. The first-order valence-electron chi connectivity index (χ1n) is 7.21. The van der Waals surface area contributed by atoms with Gasteiger partial charge in [0.1, 0.15) is 17.3 Å². The lowest BCUT2D eigenvalue weighted by Crippen LogP contribution is -2.45. The lowest BCUT2D eigenvalue weighted by molar-refractivity contribution is -0.123. The molecule has 0 saturated carbocycles. The molecule has 0 saturated heterocycles. The molecule has 0 fully saturated rings. The van der Waals surface area contributed by atoms with Gasteiger partial charge in [-0.15, -0.1) is 0 Å². The van der Waals surface area contributed by atoms with Crippen LogP contribution in [0.15, 0.2) is 48.5 Å². The molecule has 10 heteroatoms. The Balaban J connectivity index is 1.70. The Hall–Kier alpha value is -3.01. The number of amides is 1. The number of ether oxygens (including phenoxy) is 2. The van der Waals surface area contributed by atoms with Crippen LogP contribution in [-0.2, 0) is 4.79 Å². The summed E-state index contributed by atoms with van der Waals surface area (Å²) in [5.41, 5.74) is 5.26. The van der Waals surface area contributed by atoms with E-state index in [1.807, 2.05) is 0 Å². The smallest absolute Gasteiger partial charge is 0.387 e. The van der Waals surface area contributed by atoms with E-state index in [9.17, 15) is 18.0 Å². The molecule has 2 aromatic rings. The lowest BCUT2D eigenvalue weighted by atomic mass is 10.3. The van der Waals surface area contributed by atoms with Crippen LogP contribution in [0, 0.1) is 5.82 Å². The van der Waals surface area contributed by atoms with Gasteiger partial charge in [-0.25, -0.2) is 4.39 Å². The predicted molar refractivity (Wildman–Crippen MR) is 92.5 cm³/mol. The molecule has 3 N–H and O–H groups in total. The molecular weight excluding hydrogens is 371 g/mol. The molecule has 0 spiro atoms. The molecule has 26 heavy (non-hydrogen) atoms. The van der Waals surface area contributed by atoms with Gasteiger partial charge in [0.25, 0.3) is 5.91 Å². The number of anilines is 1. The third kappa shape index (κ3) is 6.85. The second kappa shape index (κ2) is 9.47. The van der Waals surface area contributed by atoms with Crippen LogP contribution in [-0.4, -0.2) is 24.2 Å². The minimum absolute atomic E-state index is 0.00988. The Labute approximate surface area is 152 Å². The fourth-order valence-corrected chi connectivity index (χ4v) is 1.89. The van der Waals surface area contributed by atoms with E-state index in [2.05, 4.69) is 20.9 Å². The van der Waals surface area contributed by atoms with Gasteiger partial charge in [0, 0.05) is 5.69 Å². The Morgan fingerprint density at radius 1 is 1.00 bits per heavy atom. The third-order valence-corrected chi connectivity index (χ3v) is 3.04. The van der Waals surface area contributed by atoms with Crippen molar-refractivity contribution in [1.29, 1.82) is 0 Å². The number of carbonyl (C=O) groups is 1. The standard InChI is InChI=1S/C16H14F3N3O3S/c17-10-1-5-12(6-2-10)24-9-14(23)21-22-16(26)20-11-3-7-13(8-4-11)25-15(18)19/h1-8,15H,9H2,(H,21,23)(H2,20,22,26). The summed E-state index contributed by atoms with van der Waals surface area (Å²) in [6, 6.07) is 10.8. The van der Waals surface area contributed by atoms with Gasteiger partial charge in [0.2, 0.25) is 0 Å². The van der Waals surface area contributed by atoms with E-state index in [-0.39, 0.29) is 17.5 Å². The molecule has 0 heterocycles. The van der Waals surface area contributed by atoms with Crippen LogP contribution in [0.3, 0.4) is 0 Å². The molecule has 138 valence electrons. The van der Waals surface area contributed by atoms with Crippen LogP contribution in [0.5, 0.6) is 11.5 Å². The van der Waals surface area contributed by atoms with Crippen molar-refractivity contribution < 1.29 is 27.4 Å². The zero-order chi connectivity index (χ0) is 18.9. The zero-order valence-corrected chi connectivity index (χ0v) is 14.0. The number of carbonyl (C=O) groups excluding carboxylic acids is 1. The number of hydrogen-bond acceptors (Lipinski definition) is 4. The van der Waals surface area contributed by atoms with Crippen molar-refractivity contribution in [2.45, 2.75) is 6.61 Å². The van der Waals surface area contributed by atoms with Gasteiger partial charge in [-0.2, -0.15) is 8.78 Å². The first-order chi connectivity index (χ1) is 12.4. The van der Waals surface area contributed by atoms with Gasteiger partial charge >= 0.3 is 6.61 Å². The third-order valence-electron chi connectivity index (χ3n) is 2.84. The molecule has 2 aromatic carbocycles. The minimum atomic E-state index is -2.90. The molecule has 0 aliphatic carbocycles. The molecule has 0 unspecified atom stereocenters. The normalized spacial score (nSPS) is 10.2. The monoisotopic (exact) mass is 385 g/mol. The number of hydrazine groups is 1. The van der Waals surface area contributed by atoms with Crippen molar-refractivity contribution in [3.05, 3.63) is 54.3 Å². The Kier molecular flexibility index (Phi) is 7.03. The number of rotatable bonds is 6. The van der Waals surface area contributed by atoms with E-state index in [1.165, 1.54) is 48.5 Å². The van der Waals surface area contributed by atoms with Gasteiger partial charge in [0.15, 0.2) is 11.7 Å². The number of thiocarbonyl (C=S) groups is 1. The highest BCUT2D eigenvalue weighted by Crippen LogP contribution is 2.17. The van der Waals surface area contributed by atoms with E-state index >= 15 is 0 Å². The topological polar surface area (TPSA) is 71.6 Å². The summed E-state index contributed by atoms with van der Waals surface area (Å²) < 4.78 is 46.2. The first-order valence-corrected chi connectivity index (χ1v) is 7.62.